The molecule has 2 aromatic rings. The molecule has 3 nitrogen and oxygen atoms in total. The Morgan fingerprint density at radius 2 is 2.12 bits per heavy atom. The van der Waals surface area contributed by atoms with Gasteiger partial charge < -0.3 is 4.74 Å². The van der Waals surface area contributed by atoms with Gasteiger partial charge in [-0.25, -0.2) is 9.37 Å². The summed E-state index contributed by atoms with van der Waals surface area (Å²) in [6.45, 7) is 0. The standard InChI is InChI=1S/C12H6ClFN2O/c13-11-5-8(14)1-2-12(11)17-10-3-4-16-9(6-10)7-15/h1-6H. The minimum Gasteiger partial charge on any atom is -0.456 e. The summed E-state index contributed by atoms with van der Waals surface area (Å²) in [7, 11) is 0. The minimum absolute atomic E-state index is 0.167. The van der Waals surface area contributed by atoms with Crippen molar-refractivity contribution in [3.8, 4) is 17.6 Å². The number of pyridine rings is 1. The molecule has 0 unspecified atom stereocenters. The maximum atomic E-state index is 12.8. The maximum absolute atomic E-state index is 12.8. The molecular weight excluding hydrogens is 243 g/mol. The van der Waals surface area contributed by atoms with Crippen molar-refractivity contribution in [2.45, 2.75) is 0 Å². The fourth-order valence-corrected chi connectivity index (χ4v) is 1.43. The van der Waals surface area contributed by atoms with E-state index in [1.165, 1.54) is 24.4 Å². The molecular formula is C12H6ClFN2O. The van der Waals surface area contributed by atoms with Crippen LogP contribution in [0.4, 0.5) is 4.39 Å². The summed E-state index contributed by atoms with van der Waals surface area (Å²) in [4.78, 5) is 3.80. The Morgan fingerprint density at radius 1 is 1.29 bits per heavy atom. The molecule has 1 heterocycles. The van der Waals surface area contributed by atoms with Crippen LogP contribution in [-0.2, 0) is 0 Å². The van der Waals surface area contributed by atoms with Crippen LogP contribution in [0.25, 0.3) is 0 Å². The molecule has 0 fully saturated rings. The van der Waals surface area contributed by atoms with Gasteiger partial charge in [0.25, 0.3) is 0 Å². The van der Waals surface area contributed by atoms with Crippen LogP contribution in [-0.4, -0.2) is 4.98 Å². The predicted octanol–water partition coefficient (Wildman–Crippen LogP) is 3.54. The van der Waals surface area contributed by atoms with E-state index in [9.17, 15) is 4.39 Å². The van der Waals surface area contributed by atoms with Crippen molar-refractivity contribution in [3.63, 3.8) is 0 Å². The van der Waals surface area contributed by atoms with E-state index < -0.39 is 5.82 Å². The largest absolute Gasteiger partial charge is 0.456 e. The fraction of sp³-hybridized carbons (Fsp3) is 0. The number of rotatable bonds is 2. The highest BCUT2D eigenvalue weighted by Crippen LogP contribution is 2.29. The van der Waals surface area contributed by atoms with E-state index in [1.54, 1.807) is 6.07 Å². The Balaban J connectivity index is 2.28. The average molecular weight is 249 g/mol. The molecule has 1 aromatic carbocycles. The summed E-state index contributed by atoms with van der Waals surface area (Å²) < 4.78 is 18.2. The lowest BCUT2D eigenvalue weighted by Gasteiger charge is -2.07. The van der Waals surface area contributed by atoms with E-state index in [0.29, 0.717) is 11.5 Å². The summed E-state index contributed by atoms with van der Waals surface area (Å²) in [5.74, 6) is 0.308. The van der Waals surface area contributed by atoms with Crippen LogP contribution in [0.15, 0.2) is 36.5 Å². The first-order valence-corrected chi connectivity index (χ1v) is 5.06. The van der Waals surface area contributed by atoms with Crippen molar-refractivity contribution in [2.24, 2.45) is 0 Å². The molecule has 1 aromatic heterocycles. The third kappa shape index (κ3) is 2.71. The number of aromatic nitrogens is 1. The predicted molar refractivity (Wildman–Crippen MR) is 60.4 cm³/mol. The molecule has 17 heavy (non-hydrogen) atoms. The molecule has 0 bridgehead atoms. The van der Waals surface area contributed by atoms with Crippen LogP contribution in [0, 0.1) is 17.1 Å². The normalized spacial score (nSPS) is 9.71. The molecule has 0 spiro atoms. The second-order valence-electron chi connectivity index (χ2n) is 3.17. The zero-order chi connectivity index (χ0) is 12.3. The van der Waals surface area contributed by atoms with Crippen molar-refractivity contribution >= 4 is 11.6 Å². The van der Waals surface area contributed by atoms with Gasteiger partial charge in [0.05, 0.1) is 5.02 Å². The second kappa shape index (κ2) is 4.81. The Morgan fingerprint density at radius 3 is 2.82 bits per heavy atom. The molecule has 0 saturated heterocycles. The molecule has 0 aliphatic heterocycles. The third-order valence-corrected chi connectivity index (χ3v) is 2.26. The Labute approximate surface area is 102 Å². The van der Waals surface area contributed by atoms with Crippen LogP contribution in [0.5, 0.6) is 11.5 Å². The molecule has 0 radical (unpaired) electrons. The van der Waals surface area contributed by atoms with Gasteiger partial charge in [-0.05, 0) is 24.3 Å². The summed E-state index contributed by atoms with van der Waals surface area (Å²) in [6, 6.07) is 8.77. The average Bonchev–Trinajstić information content (AvgIpc) is 2.33. The van der Waals surface area contributed by atoms with E-state index in [1.807, 2.05) is 6.07 Å². The van der Waals surface area contributed by atoms with E-state index in [0.717, 1.165) is 6.07 Å². The van der Waals surface area contributed by atoms with Gasteiger partial charge in [-0.2, -0.15) is 5.26 Å². The van der Waals surface area contributed by atoms with Gasteiger partial charge in [0, 0.05) is 12.3 Å². The quantitative estimate of drug-likeness (QED) is 0.817. The molecule has 0 amide bonds. The summed E-state index contributed by atoms with van der Waals surface area (Å²) in [6.07, 6.45) is 1.45. The topological polar surface area (TPSA) is 45.9 Å². The first-order chi connectivity index (χ1) is 8.19. The molecule has 0 saturated carbocycles. The molecule has 0 aliphatic rings. The lowest BCUT2D eigenvalue weighted by atomic mass is 10.3. The highest BCUT2D eigenvalue weighted by molar-refractivity contribution is 6.32. The first-order valence-electron chi connectivity index (χ1n) is 4.68. The molecule has 0 aliphatic carbocycles. The van der Waals surface area contributed by atoms with E-state index >= 15 is 0 Å². The number of halogens is 2. The van der Waals surface area contributed by atoms with Crippen LogP contribution in [0.2, 0.25) is 5.02 Å². The number of benzene rings is 1. The van der Waals surface area contributed by atoms with Gasteiger partial charge in [0.1, 0.15) is 29.1 Å². The van der Waals surface area contributed by atoms with Gasteiger partial charge in [-0.15, -0.1) is 0 Å². The smallest absolute Gasteiger partial charge is 0.146 e. The lowest BCUT2D eigenvalue weighted by Crippen LogP contribution is -1.88. The number of ether oxygens (including phenoxy) is 1. The lowest BCUT2D eigenvalue weighted by molar-refractivity contribution is 0.480. The van der Waals surface area contributed by atoms with Crippen LogP contribution in [0.1, 0.15) is 5.69 Å². The Kier molecular flexibility index (Phi) is 3.22. The molecule has 2 rings (SSSR count). The summed E-state index contributed by atoms with van der Waals surface area (Å²) >= 11 is 5.81. The van der Waals surface area contributed by atoms with Crippen molar-refractivity contribution in [2.75, 3.05) is 0 Å². The third-order valence-electron chi connectivity index (χ3n) is 1.97. The summed E-state index contributed by atoms with van der Waals surface area (Å²) in [5, 5.41) is 8.84. The monoisotopic (exact) mass is 248 g/mol. The van der Waals surface area contributed by atoms with E-state index in [-0.39, 0.29) is 10.7 Å². The van der Waals surface area contributed by atoms with Gasteiger partial charge in [-0.1, -0.05) is 11.6 Å². The number of hydrogen-bond donors (Lipinski definition) is 0. The van der Waals surface area contributed by atoms with Crippen molar-refractivity contribution in [1.29, 1.82) is 5.26 Å². The second-order valence-corrected chi connectivity index (χ2v) is 3.57. The van der Waals surface area contributed by atoms with Crippen LogP contribution < -0.4 is 4.74 Å². The SMILES string of the molecule is N#Cc1cc(Oc2ccc(F)cc2Cl)ccn1. The van der Waals surface area contributed by atoms with Crippen LogP contribution >= 0.6 is 11.6 Å². The summed E-state index contributed by atoms with van der Waals surface area (Å²) in [5.41, 5.74) is 0.237. The Hall–Kier alpha value is -2.12. The Bertz CT molecular complexity index is 595. The fourth-order valence-electron chi connectivity index (χ4n) is 1.22. The number of hydrogen-bond acceptors (Lipinski definition) is 3. The van der Waals surface area contributed by atoms with Crippen LogP contribution in [0.3, 0.4) is 0 Å². The van der Waals surface area contributed by atoms with Gasteiger partial charge in [-0.3, -0.25) is 0 Å². The number of nitriles is 1. The van der Waals surface area contributed by atoms with Crippen molar-refractivity contribution in [1.82, 2.24) is 4.98 Å². The molecule has 84 valence electrons. The highest BCUT2D eigenvalue weighted by atomic mass is 35.5. The van der Waals surface area contributed by atoms with Crippen molar-refractivity contribution < 1.29 is 9.13 Å². The van der Waals surface area contributed by atoms with Gasteiger partial charge in [0.2, 0.25) is 0 Å². The van der Waals surface area contributed by atoms with Crippen molar-refractivity contribution in [3.05, 3.63) is 53.1 Å². The zero-order valence-corrected chi connectivity index (χ0v) is 9.28. The maximum Gasteiger partial charge on any atom is 0.146 e. The van der Waals surface area contributed by atoms with E-state index in [2.05, 4.69) is 4.98 Å². The van der Waals surface area contributed by atoms with E-state index in [4.69, 9.17) is 21.6 Å². The zero-order valence-electron chi connectivity index (χ0n) is 8.52. The van der Waals surface area contributed by atoms with Gasteiger partial charge >= 0.3 is 0 Å². The number of nitrogens with zero attached hydrogens (tertiary/aromatic N) is 2. The highest BCUT2D eigenvalue weighted by Gasteiger charge is 2.05. The molecule has 5 heteroatoms. The first kappa shape index (κ1) is 11.4. The van der Waals surface area contributed by atoms with Gasteiger partial charge in [0.15, 0.2) is 0 Å². The molecule has 0 N–H and O–H groups in total. The molecule has 0 atom stereocenters. The minimum atomic E-state index is -0.435.